The summed E-state index contributed by atoms with van der Waals surface area (Å²) in [6.07, 6.45) is 0. The SMILES string of the molecule is CC(=O)c1cccc(NC(=O)C2CN(C(=O)c3ccc([N+](=O)[O-])o3)C2)c1. The number of furan rings is 1. The Balaban J connectivity index is 1.56. The van der Waals surface area contributed by atoms with Gasteiger partial charge in [0.2, 0.25) is 5.91 Å². The van der Waals surface area contributed by atoms with Gasteiger partial charge in [0, 0.05) is 24.3 Å². The molecule has 0 bridgehead atoms. The van der Waals surface area contributed by atoms with Crippen molar-refractivity contribution in [3.63, 3.8) is 0 Å². The number of hydrogen-bond donors (Lipinski definition) is 1. The van der Waals surface area contributed by atoms with Crippen LogP contribution in [0.1, 0.15) is 27.8 Å². The Morgan fingerprint density at radius 2 is 1.96 bits per heavy atom. The topological polar surface area (TPSA) is 123 Å². The molecule has 1 N–H and O–H groups in total. The Hall–Kier alpha value is -3.49. The molecule has 3 rings (SSSR count). The molecule has 9 nitrogen and oxygen atoms in total. The van der Waals surface area contributed by atoms with E-state index in [1.54, 1.807) is 24.3 Å². The molecule has 2 heterocycles. The molecule has 1 aromatic heterocycles. The lowest BCUT2D eigenvalue weighted by molar-refractivity contribution is -0.402. The molecule has 0 radical (unpaired) electrons. The van der Waals surface area contributed by atoms with Gasteiger partial charge in [-0.2, -0.15) is 0 Å². The van der Waals surface area contributed by atoms with Crippen molar-refractivity contribution >= 4 is 29.2 Å². The maximum atomic E-state index is 12.2. The summed E-state index contributed by atoms with van der Waals surface area (Å²) in [6.45, 7) is 1.81. The van der Waals surface area contributed by atoms with Crippen LogP contribution in [0, 0.1) is 16.0 Å². The molecule has 1 fully saturated rings. The zero-order chi connectivity index (χ0) is 18.8. The third kappa shape index (κ3) is 3.46. The van der Waals surface area contributed by atoms with Gasteiger partial charge in [0.05, 0.1) is 12.0 Å². The first-order valence-corrected chi connectivity index (χ1v) is 7.80. The Bertz CT molecular complexity index is 897. The summed E-state index contributed by atoms with van der Waals surface area (Å²) in [5.41, 5.74) is 1.00. The maximum Gasteiger partial charge on any atom is 0.433 e. The molecule has 2 aromatic rings. The second-order valence-corrected chi connectivity index (χ2v) is 5.93. The van der Waals surface area contributed by atoms with Crippen LogP contribution in [0.25, 0.3) is 0 Å². The number of amides is 2. The second kappa shape index (κ2) is 6.79. The first-order chi connectivity index (χ1) is 12.3. The summed E-state index contributed by atoms with van der Waals surface area (Å²) < 4.78 is 4.87. The van der Waals surface area contributed by atoms with Crippen molar-refractivity contribution in [1.29, 1.82) is 0 Å². The minimum atomic E-state index is -0.724. The van der Waals surface area contributed by atoms with Gasteiger partial charge in [0.1, 0.15) is 4.92 Å². The largest absolute Gasteiger partial charge is 0.433 e. The van der Waals surface area contributed by atoms with Crippen LogP contribution in [0.5, 0.6) is 0 Å². The highest BCUT2D eigenvalue weighted by Crippen LogP contribution is 2.23. The van der Waals surface area contributed by atoms with Crippen LogP contribution >= 0.6 is 0 Å². The highest BCUT2D eigenvalue weighted by Gasteiger charge is 2.37. The number of nitrogens with zero attached hydrogens (tertiary/aromatic N) is 2. The molecule has 1 saturated heterocycles. The Labute approximate surface area is 147 Å². The Morgan fingerprint density at radius 3 is 2.58 bits per heavy atom. The molecule has 0 unspecified atom stereocenters. The minimum Gasteiger partial charge on any atom is -0.395 e. The molecule has 9 heteroatoms. The van der Waals surface area contributed by atoms with Gasteiger partial charge in [0.15, 0.2) is 11.5 Å². The molecule has 1 aliphatic heterocycles. The zero-order valence-electron chi connectivity index (χ0n) is 13.8. The van der Waals surface area contributed by atoms with E-state index in [9.17, 15) is 24.5 Å². The standard InChI is InChI=1S/C17H15N3O6/c1-10(21)11-3-2-4-13(7-11)18-16(22)12-8-19(9-12)17(23)14-5-6-15(26-14)20(24)25/h2-7,12H,8-9H2,1H3,(H,18,22). The van der Waals surface area contributed by atoms with Gasteiger partial charge in [0.25, 0.3) is 5.91 Å². The molecule has 26 heavy (non-hydrogen) atoms. The average Bonchev–Trinajstić information content (AvgIpc) is 3.03. The predicted octanol–water partition coefficient (Wildman–Crippen LogP) is 2.10. The fourth-order valence-corrected chi connectivity index (χ4v) is 2.57. The van der Waals surface area contributed by atoms with Gasteiger partial charge >= 0.3 is 5.88 Å². The smallest absolute Gasteiger partial charge is 0.395 e. The van der Waals surface area contributed by atoms with Crippen molar-refractivity contribution in [3.8, 4) is 0 Å². The van der Waals surface area contributed by atoms with Crippen LogP contribution in [0.2, 0.25) is 0 Å². The fraction of sp³-hybridized carbons (Fsp3) is 0.235. The number of hydrogen-bond acceptors (Lipinski definition) is 6. The van der Waals surface area contributed by atoms with Crippen LogP contribution in [0.15, 0.2) is 40.8 Å². The molecule has 0 spiro atoms. The quantitative estimate of drug-likeness (QED) is 0.497. The van der Waals surface area contributed by atoms with E-state index in [0.29, 0.717) is 11.3 Å². The number of nitrogens with one attached hydrogen (secondary N) is 1. The van der Waals surface area contributed by atoms with Crippen molar-refractivity contribution in [2.75, 3.05) is 18.4 Å². The molecule has 1 aromatic carbocycles. The van der Waals surface area contributed by atoms with Gasteiger partial charge in [-0.15, -0.1) is 0 Å². The molecule has 2 amide bonds. The Morgan fingerprint density at radius 1 is 1.23 bits per heavy atom. The lowest BCUT2D eigenvalue weighted by Crippen LogP contribution is -2.54. The monoisotopic (exact) mass is 357 g/mol. The number of nitro groups is 1. The van der Waals surface area contributed by atoms with Crippen molar-refractivity contribution < 1.29 is 23.7 Å². The summed E-state index contributed by atoms with van der Waals surface area (Å²) in [4.78, 5) is 47.0. The van der Waals surface area contributed by atoms with E-state index >= 15 is 0 Å². The normalized spacial score (nSPS) is 13.8. The maximum absolute atomic E-state index is 12.2. The summed E-state index contributed by atoms with van der Waals surface area (Å²) in [7, 11) is 0. The highest BCUT2D eigenvalue weighted by atomic mass is 16.6. The first-order valence-electron chi connectivity index (χ1n) is 7.80. The van der Waals surface area contributed by atoms with Gasteiger partial charge in [-0.05, 0) is 25.1 Å². The molecule has 0 atom stereocenters. The number of benzene rings is 1. The third-order valence-corrected chi connectivity index (χ3v) is 4.06. The molecular weight excluding hydrogens is 342 g/mol. The van der Waals surface area contributed by atoms with E-state index in [2.05, 4.69) is 5.32 Å². The van der Waals surface area contributed by atoms with Crippen LogP contribution in [0.3, 0.4) is 0 Å². The van der Waals surface area contributed by atoms with E-state index in [-0.39, 0.29) is 30.5 Å². The summed E-state index contributed by atoms with van der Waals surface area (Å²) in [5, 5.41) is 13.3. The molecule has 1 aliphatic rings. The molecular formula is C17H15N3O6. The highest BCUT2D eigenvalue weighted by molar-refractivity contribution is 5.99. The summed E-state index contributed by atoms with van der Waals surface area (Å²) >= 11 is 0. The molecule has 0 saturated carbocycles. The average molecular weight is 357 g/mol. The second-order valence-electron chi connectivity index (χ2n) is 5.93. The van der Waals surface area contributed by atoms with Crippen molar-refractivity contribution in [1.82, 2.24) is 4.90 Å². The number of carbonyl (C=O) groups is 3. The summed E-state index contributed by atoms with van der Waals surface area (Å²) in [5.74, 6) is -1.90. The van der Waals surface area contributed by atoms with E-state index in [1.165, 1.54) is 17.9 Å². The van der Waals surface area contributed by atoms with E-state index < -0.39 is 22.6 Å². The number of Topliss-reactive ketones (excluding diaryl/α,β-unsaturated/α-hetero) is 1. The number of likely N-dealkylation sites (tertiary alicyclic amines) is 1. The van der Waals surface area contributed by atoms with E-state index in [0.717, 1.165) is 6.07 Å². The van der Waals surface area contributed by atoms with Crippen LogP contribution < -0.4 is 5.32 Å². The van der Waals surface area contributed by atoms with Crippen molar-refractivity contribution in [2.24, 2.45) is 5.92 Å². The van der Waals surface area contributed by atoms with Gasteiger partial charge in [-0.25, -0.2) is 0 Å². The number of rotatable bonds is 5. The van der Waals surface area contributed by atoms with E-state index in [1.807, 2.05) is 0 Å². The molecule has 134 valence electrons. The first kappa shape index (κ1) is 17.3. The van der Waals surface area contributed by atoms with Gasteiger partial charge < -0.3 is 14.6 Å². The lowest BCUT2D eigenvalue weighted by atomic mass is 9.98. The number of carbonyl (C=O) groups excluding carboxylic acids is 3. The van der Waals surface area contributed by atoms with Crippen LogP contribution in [-0.2, 0) is 4.79 Å². The van der Waals surface area contributed by atoms with Crippen LogP contribution in [-0.4, -0.2) is 40.5 Å². The van der Waals surface area contributed by atoms with E-state index in [4.69, 9.17) is 4.42 Å². The minimum absolute atomic E-state index is 0.103. The third-order valence-electron chi connectivity index (χ3n) is 4.06. The summed E-state index contributed by atoms with van der Waals surface area (Å²) in [6, 6.07) is 8.94. The van der Waals surface area contributed by atoms with Gasteiger partial charge in [-0.3, -0.25) is 24.5 Å². The fourth-order valence-electron chi connectivity index (χ4n) is 2.57. The predicted molar refractivity (Wildman–Crippen MR) is 89.8 cm³/mol. The lowest BCUT2D eigenvalue weighted by Gasteiger charge is -2.37. The zero-order valence-corrected chi connectivity index (χ0v) is 13.8. The Kier molecular flexibility index (Phi) is 4.53. The number of ketones is 1. The van der Waals surface area contributed by atoms with Gasteiger partial charge in [-0.1, -0.05) is 12.1 Å². The van der Waals surface area contributed by atoms with Crippen molar-refractivity contribution in [2.45, 2.75) is 6.92 Å². The molecule has 0 aliphatic carbocycles. The number of anilines is 1. The van der Waals surface area contributed by atoms with Crippen LogP contribution in [0.4, 0.5) is 11.6 Å². The van der Waals surface area contributed by atoms with Crippen molar-refractivity contribution in [3.05, 3.63) is 57.8 Å².